The van der Waals surface area contributed by atoms with E-state index < -0.39 is 0 Å². The Morgan fingerprint density at radius 3 is 2.68 bits per heavy atom. The highest BCUT2D eigenvalue weighted by Crippen LogP contribution is 2.22. The van der Waals surface area contributed by atoms with Gasteiger partial charge in [0.25, 0.3) is 0 Å². The van der Waals surface area contributed by atoms with Gasteiger partial charge in [-0.15, -0.1) is 0 Å². The Hall–Kier alpha value is -1.52. The Kier molecular flexibility index (Phi) is 6.28. The Balaban J connectivity index is 1.88. The van der Waals surface area contributed by atoms with E-state index in [1.165, 1.54) is 12.8 Å². The second-order valence-electron chi connectivity index (χ2n) is 6.30. The van der Waals surface area contributed by atoms with Crippen molar-refractivity contribution in [1.29, 1.82) is 0 Å². The molecule has 1 saturated heterocycles. The molecule has 1 N–H and O–H groups in total. The van der Waals surface area contributed by atoms with Crippen molar-refractivity contribution in [2.45, 2.75) is 58.9 Å². The van der Waals surface area contributed by atoms with E-state index in [2.05, 4.69) is 47.2 Å². The molecule has 22 heavy (non-hydrogen) atoms. The Morgan fingerprint density at radius 2 is 2.09 bits per heavy atom. The summed E-state index contributed by atoms with van der Waals surface area (Å²) in [5, 5.41) is 7.62. The van der Waals surface area contributed by atoms with E-state index in [0.717, 1.165) is 49.3 Å². The quantitative estimate of drug-likeness (QED) is 0.669. The van der Waals surface area contributed by atoms with Gasteiger partial charge in [-0.1, -0.05) is 25.9 Å². The summed E-state index contributed by atoms with van der Waals surface area (Å²) in [5.74, 6) is 3.17. The molecule has 0 aromatic carbocycles. The molecule has 124 valence electrons. The number of rotatable bonds is 5. The molecule has 0 spiro atoms. The smallest absolute Gasteiger partial charge is 0.194 e. The molecule has 0 unspecified atom stereocenters. The molecule has 0 amide bonds. The molecule has 1 aromatic heterocycles. The van der Waals surface area contributed by atoms with Gasteiger partial charge >= 0.3 is 0 Å². The SMILES string of the molecule is CCC(CC)c1cc(CNC(=NC)N2CCC(C)CC2)on1. The maximum absolute atomic E-state index is 5.46. The first-order chi connectivity index (χ1) is 10.7. The Labute approximate surface area is 134 Å². The van der Waals surface area contributed by atoms with Crippen molar-refractivity contribution in [3.05, 3.63) is 17.5 Å². The van der Waals surface area contributed by atoms with Crippen LogP contribution >= 0.6 is 0 Å². The number of likely N-dealkylation sites (tertiary alicyclic amines) is 1. The van der Waals surface area contributed by atoms with Crippen LogP contribution in [0.1, 0.15) is 63.8 Å². The van der Waals surface area contributed by atoms with Gasteiger partial charge < -0.3 is 14.7 Å². The summed E-state index contributed by atoms with van der Waals surface area (Å²) in [6.45, 7) is 9.51. The van der Waals surface area contributed by atoms with Crippen LogP contribution in [-0.4, -0.2) is 36.2 Å². The fourth-order valence-corrected chi connectivity index (χ4v) is 3.03. The topological polar surface area (TPSA) is 53.7 Å². The Bertz CT molecular complexity index is 471. The van der Waals surface area contributed by atoms with E-state index in [4.69, 9.17) is 4.52 Å². The lowest BCUT2D eigenvalue weighted by Gasteiger charge is -2.32. The molecular weight excluding hydrogens is 276 g/mol. The van der Waals surface area contributed by atoms with Crippen molar-refractivity contribution < 1.29 is 4.52 Å². The van der Waals surface area contributed by atoms with Crippen LogP contribution in [0, 0.1) is 5.92 Å². The minimum Gasteiger partial charge on any atom is -0.359 e. The van der Waals surface area contributed by atoms with Crippen LogP contribution in [0.5, 0.6) is 0 Å². The molecule has 0 atom stereocenters. The van der Waals surface area contributed by atoms with Gasteiger partial charge in [-0.2, -0.15) is 0 Å². The monoisotopic (exact) mass is 306 g/mol. The fraction of sp³-hybridized carbons (Fsp3) is 0.765. The number of guanidine groups is 1. The number of nitrogens with one attached hydrogen (secondary N) is 1. The number of aromatic nitrogens is 1. The summed E-state index contributed by atoms with van der Waals surface area (Å²) in [4.78, 5) is 6.73. The minimum absolute atomic E-state index is 0.500. The lowest BCUT2D eigenvalue weighted by atomic mass is 9.99. The molecule has 1 aliphatic rings. The van der Waals surface area contributed by atoms with Gasteiger partial charge in [0.2, 0.25) is 0 Å². The number of nitrogens with zero attached hydrogens (tertiary/aromatic N) is 3. The van der Waals surface area contributed by atoms with Gasteiger partial charge in [-0.25, -0.2) is 0 Å². The summed E-state index contributed by atoms with van der Waals surface area (Å²) >= 11 is 0. The standard InChI is InChI=1S/C17H30N4O/c1-5-14(6-2)16-11-15(22-20-16)12-19-17(18-4)21-9-7-13(3)8-10-21/h11,13-14H,5-10,12H2,1-4H3,(H,18,19). The minimum atomic E-state index is 0.500. The van der Waals surface area contributed by atoms with Crippen LogP contribution in [0.25, 0.3) is 0 Å². The fourth-order valence-electron chi connectivity index (χ4n) is 3.03. The van der Waals surface area contributed by atoms with Crippen molar-refractivity contribution in [2.75, 3.05) is 20.1 Å². The second kappa shape index (κ2) is 8.20. The molecule has 2 heterocycles. The lowest BCUT2D eigenvalue weighted by molar-refractivity contribution is 0.272. The molecular formula is C17H30N4O. The van der Waals surface area contributed by atoms with Crippen molar-refractivity contribution in [1.82, 2.24) is 15.4 Å². The first kappa shape index (κ1) is 16.8. The lowest BCUT2D eigenvalue weighted by Crippen LogP contribution is -2.45. The second-order valence-corrected chi connectivity index (χ2v) is 6.30. The predicted molar refractivity (Wildman–Crippen MR) is 90.0 cm³/mol. The molecule has 2 rings (SSSR count). The summed E-state index contributed by atoms with van der Waals surface area (Å²) in [5.41, 5.74) is 1.07. The number of hydrogen-bond donors (Lipinski definition) is 1. The van der Waals surface area contributed by atoms with Crippen LogP contribution in [0.2, 0.25) is 0 Å². The average molecular weight is 306 g/mol. The number of hydrogen-bond acceptors (Lipinski definition) is 3. The number of piperidine rings is 1. The van der Waals surface area contributed by atoms with Crippen molar-refractivity contribution in [3.8, 4) is 0 Å². The van der Waals surface area contributed by atoms with E-state index in [9.17, 15) is 0 Å². The third kappa shape index (κ3) is 4.24. The molecule has 5 nitrogen and oxygen atoms in total. The maximum Gasteiger partial charge on any atom is 0.194 e. The zero-order chi connectivity index (χ0) is 15.9. The predicted octanol–water partition coefficient (Wildman–Crippen LogP) is 3.39. The van der Waals surface area contributed by atoms with E-state index in [0.29, 0.717) is 12.5 Å². The van der Waals surface area contributed by atoms with Crippen LogP contribution < -0.4 is 5.32 Å². The molecule has 1 aliphatic heterocycles. The molecule has 1 fully saturated rings. The molecule has 0 aliphatic carbocycles. The van der Waals surface area contributed by atoms with E-state index in [1.54, 1.807) is 0 Å². The summed E-state index contributed by atoms with van der Waals surface area (Å²) in [6.07, 6.45) is 4.68. The van der Waals surface area contributed by atoms with Crippen LogP contribution in [0.15, 0.2) is 15.6 Å². The van der Waals surface area contributed by atoms with E-state index in [1.807, 2.05) is 7.05 Å². The largest absolute Gasteiger partial charge is 0.359 e. The van der Waals surface area contributed by atoms with Gasteiger partial charge in [-0.3, -0.25) is 4.99 Å². The van der Waals surface area contributed by atoms with Crippen molar-refractivity contribution in [2.24, 2.45) is 10.9 Å². The highest BCUT2D eigenvalue weighted by molar-refractivity contribution is 5.79. The summed E-state index contributed by atoms with van der Waals surface area (Å²) < 4.78 is 5.46. The molecule has 0 saturated carbocycles. The third-order valence-electron chi connectivity index (χ3n) is 4.70. The average Bonchev–Trinajstić information content (AvgIpc) is 2.99. The highest BCUT2D eigenvalue weighted by Gasteiger charge is 2.19. The highest BCUT2D eigenvalue weighted by atomic mass is 16.5. The molecule has 1 aromatic rings. The van der Waals surface area contributed by atoms with Crippen LogP contribution in [0.3, 0.4) is 0 Å². The van der Waals surface area contributed by atoms with Crippen molar-refractivity contribution >= 4 is 5.96 Å². The van der Waals surface area contributed by atoms with Gasteiger partial charge in [0.15, 0.2) is 11.7 Å². The normalized spacial score (nSPS) is 17.3. The summed E-state index contributed by atoms with van der Waals surface area (Å²) in [6, 6.07) is 2.08. The van der Waals surface area contributed by atoms with Crippen LogP contribution in [-0.2, 0) is 6.54 Å². The Morgan fingerprint density at radius 1 is 1.41 bits per heavy atom. The van der Waals surface area contributed by atoms with Gasteiger partial charge in [0, 0.05) is 32.1 Å². The van der Waals surface area contributed by atoms with Gasteiger partial charge in [0.05, 0.1) is 12.2 Å². The molecule has 5 heteroatoms. The van der Waals surface area contributed by atoms with Gasteiger partial charge in [-0.05, 0) is 31.6 Å². The number of aliphatic imine (C=N–C) groups is 1. The van der Waals surface area contributed by atoms with E-state index >= 15 is 0 Å². The van der Waals surface area contributed by atoms with Crippen LogP contribution in [0.4, 0.5) is 0 Å². The zero-order valence-corrected chi connectivity index (χ0v) is 14.4. The molecule has 0 radical (unpaired) electrons. The van der Waals surface area contributed by atoms with E-state index in [-0.39, 0.29) is 0 Å². The van der Waals surface area contributed by atoms with Crippen molar-refractivity contribution in [3.63, 3.8) is 0 Å². The van der Waals surface area contributed by atoms with Gasteiger partial charge in [0.1, 0.15) is 0 Å². The molecule has 0 bridgehead atoms. The first-order valence-corrected chi connectivity index (χ1v) is 8.58. The third-order valence-corrected chi connectivity index (χ3v) is 4.70. The first-order valence-electron chi connectivity index (χ1n) is 8.58. The zero-order valence-electron chi connectivity index (χ0n) is 14.4. The summed E-state index contributed by atoms with van der Waals surface area (Å²) in [7, 11) is 1.84. The maximum atomic E-state index is 5.46.